The molecule has 0 aliphatic rings. The number of nitriles is 1. The molecule has 0 spiro atoms. The maximum absolute atomic E-state index is 11.5. The molecule has 1 rings (SSSR count). The van der Waals surface area contributed by atoms with Crippen LogP contribution in [-0.2, 0) is 9.53 Å². The van der Waals surface area contributed by atoms with E-state index in [4.69, 9.17) is 10.00 Å². The van der Waals surface area contributed by atoms with Crippen molar-refractivity contribution >= 4 is 17.2 Å². The Labute approximate surface area is 113 Å². The first kappa shape index (κ1) is 14.8. The number of carbonyl (C=O) groups is 1. The van der Waals surface area contributed by atoms with Crippen molar-refractivity contribution in [2.75, 3.05) is 19.0 Å². The minimum absolute atomic E-state index is 0.195. The Morgan fingerprint density at radius 1 is 1.32 bits per heavy atom. The molecule has 0 radical (unpaired) electrons. The highest BCUT2D eigenvalue weighted by Crippen LogP contribution is 2.18. The molecule has 0 aliphatic carbocycles. The molecule has 0 aliphatic heterocycles. The smallest absolute Gasteiger partial charge is 0.332 e. The van der Waals surface area contributed by atoms with E-state index < -0.39 is 5.97 Å². The van der Waals surface area contributed by atoms with E-state index in [1.54, 1.807) is 13.8 Å². The van der Waals surface area contributed by atoms with Gasteiger partial charge >= 0.3 is 5.97 Å². The summed E-state index contributed by atoms with van der Waals surface area (Å²) in [5, 5.41) is 9.10. The largest absolute Gasteiger partial charge is 0.460 e. The fourth-order valence-corrected chi connectivity index (χ4v) is 1.50. The minimum Gasteiger partial charge on any atom is -0.460 e. The van der Waals surface area contributed by atoms with Crippen molar-refractivity contribution in [2.45, 2.75) is 20.0 Å². The number of ether oxygens (including phenoxy) is 1. The fraction of sp³-hybridized carbons (Fsp3) is 0.333. The normalized spacial score (nSPS) is 11.1. The molecule has 1 aromatic carbocycles. The van der Waals surface area contributed by atoms with Gasteiger partial charge in [0.2, 0.25) is 0 Å². The van der Waals surface area contributed by atoms with Gasteiger partial charge in [-0.2, -0.15) is 5.26 Å². The van der Waals surface area contributed by atoms with Gasteiger partial charge in [0.1, 0.15) is 6.07 Å². The Kier molecular flexibility index (Phi) is 5.13. The molecule has 19 heavy (non-hydrogen) atoms. The van der Waals surface area contributed by atoms with Crippen molar-refractivity contribution < 1.29 is 9.53 Å². The second-order valence-electron chi connectivity index (χ2n) is 4.60. The van der Waals surface area contributed by atoms with E-state index in [2.05, 4.69) is 0 Å². The Bertz CT molecular complexity index is 508. The summed E-state index contributed by atoms with van der Waals surface area (Å²) in [7, 11) is 3.88. The fourth-order valence-electron chi connectivity index (χ4n) is 1.50. The van der Waals surface area contributed by atoms with Crippen LogP contribution in [0.2, 0.25) is 0 Å². The minimum atomic E-state index is -0.497. The number of anilines is 1. The van der Waals surface area contributed by atoms with E-state index >= 15 is 0 Å². The molecular formula is C15H18N2O2. The van der Waals surface area contributed by atoms with Gasteiger partial charge in [0.05, 0.1) is 11.7 Å². The first-order valence-corrected chi connectivity index (χ1v) is 6.04. The molecule has 0 fully saturated rings. The zero-order valence-corrected chi connectivity index (χ0v) is 11.7. The van der Waals surface area contributed by atoms with Crippen LogP contribution in [0.15, 0.2) is 30.3 Å². The first-order chi connectivity index (χ1) is 8.93. The van der Waals surface area contributed by atoms with E-state index in [9.17, 15) is 4.79 Å². The zero-order chi connectivity index (χ0) is 14.4. The molecule has 0 aromatic heterocycles. The SMILES string of the molecule is CC(C)OC(=O)C=C(C#N)c1ccc(N(C)C)cc1. The molecule has 0 heterocycles. The van der Waals surface area contributed by atoms with Crippen LogP contribution in [0.4, 0.5) is 5.69 Å². The van der Waals surface area contributed by atoms with E-state index in [0.717, 1.165) is 5.69 Å². The predicted molar refractivity (Wildman–Crippen MR) is 75.6 cm³/mol. The first-order valence-electron chi connectivity index (χ1n) is 6.04. The van der Waals surface area contributed by atoms with Crippen molar-refractivity contribution in [3.63, 3.8) is 0 Å². The van der Waals surface area contributed by atoms with E-state index in [0.29, 0.717) is 11.1 Å². The van der Waals surface area contributed by atoms with E-state index in [-0.39, 0.29) is 6.10 Å². The molecule has 0 saturated carbocycles. The summed E-state index contributed by atoms with van der Waals surface area (Å²) in [5.41, 5.74) is 2.04. The highest BCUT2D eigenvalue weighted by Gasteiger charge is 2.07. The number of allylic oxidation sites excluding steroid dienone is 1. The third kappa shape index (κ3) is 4.47. The van der Waals surface area contributed by atoms with Gasteiger partial charge in [0.25, 0.3) is 0 Å². The van der Waals surface area contributed by atoms with Gasteiger partial charge in [-0.05, 0) is 31.5 Å². The van der Waals surface area contributed by atoms with Gasteiger partial charge < -0.3 is 9.64 Å². The summed E-state index contributed by atoms with van der Waals surface area (Å²) < 4.78 is 4.99. The molecular weight excluding hydrogens is 240 g/mol. The Morgan fingerprint density at radius 3 is 2.32 bits per heavy atom. The summed E-state index contributed by atoms with van der Waals surface area (Å²) in [6.45, 7) is 3.54. The maximum atomic E-state index is 11.5. The van der Waals surface area contributed by atoms with Crippen LogP contribution < -0.4 is 4.90 Å². The van der Waals surface area contributed by atoms with Gasteiger partial charge in [-0.15, -0.1) is 0 Å². The lowest BCUT2D eigenvalue weighted by atomic mass is 10.1. The van der Waals surface area contributed by atoms with Gasteiger partial charge in [0, 0.05) is 25.9 Å². The van der Waals surface area contributed by atoms with Crippen LogP contribution in [-0.4, -0.2) is 26.2 Å². The van der Waals surface area contributed by atoms with Gasteiger partial charge in [-0.25, -0.2) is 4.79 Å². The Morgan fingerprint density at radius 2 is 1.89 bits per heavy atom. The van der Waals surface area contributed by atoms with E-state index in [1.807, 2.05) is 49.3 Å². The molecule has 0 amide bonds. The molecule has 4 nitrogen and oxygen atoms in total. The van der Waals surface area contributed by atoms with Crippen LogP contribution in [0.1, 0.15) is 19.4 Å². The molecule has 4 heteroatoms. The predicted octanol–water partition coefficient (Wildman–Crippen LogP) is 2.61. The van der Waals surface area contributed by atoms with Crippen molar-refractivity contribution in [1.82, 2.24) is 0 Å². The van der Waals surface area contributed by atoms with Crippen LogP contribution in [0.3, 0.4) is 0 Å². The lowest BCUT2D eigenvalue weighted by Gasteiger charge is -2.12. The summed E-state index contributed by atoms with van der Waals surface area (Å²) in [6.07, 6.45) is 1.03. The number of hydrogen-bond donors (Lipinski definition) is 0. The number of benzene rings is 1. The summed E-state index contributed by atoms with van der Waals surface area (Å²) >= 11 is 0. The van der Waals surface area contributed by atoms with Crippen molar-refractivity contribution in [3.05, 3.63) is 35.9 Å². The average molecular weight is 258 g/mol. The molecule has 0 N–H and O–H groups in total. The third-order valence-corrected chi connectivity index (χ3v) is 2.43. The Hall–Kier alpha value is -2.28. The highest BCUT2D eigenvalue weighted by atomic mass is 16.5. The van der Waals surface area contributed by atoms with Crippen molar-refractivity contribution in [1.29, 1.82) is 5.26 Å². The molecule has 0 unspecified atom stereocenters. The number of rotatable bonds is 4. The van der Waals surface area contributed by atoms with Crippen LogP contribution in [0.5, 0.6) is 0 Å². The topological polar surface area (TPSA) is 53.3 Å². The standard InChI is InChI=1S/C15H18N2O2/c1-11(2)19-15(18)9-13(10-16)12-5-7-14(8-6-12)17(3)4/h5-9,11H,1-4H3. The van der Waals surface area contributed by atoms with Gasteiger partial charge in [-0.3, -0.25) is 0 Å². The lowest BCUT2D eigenvalue weighted by molar-refractivity contribution is -0.141. The molecule has 0 bridgehead atoms. The summed E-state index contributed by atoms with van der Waals surface area (Å²) in [4.78, 5) is 13.5. The van der Waals surface area contributed by atoms with Crippen LogP contribution in [0.25, 0.3) is 5.57 Å². The van der Waals surface area contributed by atoms with Gasteiger partial charge in [0.15, 0.2) is 0 Å². The summed E-state index contributed by atoms with van der Waals surface area (Å²) in [6, 6.07) is 9.44. The average Bonchev–Trinajstić information content (AvgIpc) is 2.35. The Balaban J connectivity index is 2.95. The molecule has 0 saturated heterocycles. The highest BCUT2D eigenvalue weighted by molar-refractivity contribution is 5.95. The van der Waals surface area contributed by atoms with Crippen molar-refractivity contribution in [3.8, 4) is 6.07 Å². The zero-order valence-electron chi connectivity index (χ0n) is 11.7. The number of esters is 1. The van der Waals surface area contributed by atoms with Gasteiger partial charge in [-0.1, -0.05) is 12.1 Å². The number of nitrogens with zero attached hydrogens (tertiary/aromatic N) is 2. The lowest BCUT2D eigenvalue weighted by Crippen LogP contribution is -2.09. The van der Waals surface area contributed by atoms with Crippen molar-refractivity contribution in [2.24, 2.45) is 0 Å². The quantitative estimate of drug-likeness (QED) is 0.473. The third-order valence-electron chi connectivity index (χ3n) is 2.43. The molecule has 0 atom stereocenters. The molecule has 1 aromatic rings. The second kappa shape index (κ2) is 6.60. The number of carbonyl (C=O) groups excluding carboxylic acids is 1. The van der Waals surface area contributed by atoms with E-state index in [1.165, 1.54) is 6.08 Å². The monoisotopic (exact) mass is 258 g/mol. The maximum Gasteiger partial charge on any atom is 0.332 e. The number of hydrogen-bond acceptors (Lipinski definition) is 4. The molecule has 100 valence electrons. The summed E-state index contributed by atoms with van der Waals surface area (Å²) in [5.74, 6) is -0.497. The second-order valence-corrected chi connectivity index (χ2v) is 4.60. The van der Waals surface area contributed by atoms with Crippen LogP contribution in [0, 0.1) is 11.3 Å². The van der Waals surface area contributed by atoms with Crippen LogP contribution >= 0.6 is 0 Å².